The Hall–Kier alpha value is -2.53. The average Bonchev–Trinajstić information content (AvgIpc) is 2.70. The molecule has 5 heteroatoms. The van der Waals surface area contributed by atoms with Crippen molar-refractivity contribution >= 4 is 5.91 Å². The van der Waals surface area contributed by atoms with Crippen molar-refractivity contribution in [3.05, 3.63) is 58.7 Å². The normalized spacial score (nSPS) is 13.6. The maximum absolute atomic E-state index is 13.5. The minimum absolute atomic E-state index is 0.00617. The Morgan fingerprint density at radius 3 is 2.54 bits per heavy atom. The molecule has 1 heterocycles. The van der Waals surface area contributed by atoms with Crippen LogP contribution in [0.5, 0.6) is 11.5 Å². The van der Waals surface area contributed by atoms with Gasteiger partial charge in [-0.05, 0) is 68.7 Å². The first-order chi connectivity index (χ1) is 13.3. The summed E-state index contributed by atoms with van der Waals surface area (Å²) in [7, 11) is 3.27. The van der Waals surface area contributed by atoms with Gasteiger partial charge < -0.3 is 19.1 Å². The van der Waals surface area contributed by atoms with Crippen molar-refractivity contribution in [3.63, 3.8) is 0 Å². The van der Waals surface area contributed by atoms with Gasteiger partial charge in [-0.15, -0.1) is 0 Å². The second-order valence-electron chi connectivity index (χ2n) is 8.03. The number of hydrogen-bond acceptors (Lipinski definition) is 4. The maximum Gasteiger partial charge on any atom is 0.254 e. The van der Waals surface area contributed by atoms with Crippen LogP contribution in [0.1, 0.15) is 47.8 Å². The van der Waals surface area contributed by atoms with Crippen molar-refractivity contribution in [2.45, 2.75) is 45.9 Å². The fourth-order valence-corrected chi connectivity index (χ4v) is 3.44. The molecule has 0 aromatic heterocycles. The van der Waals surface area contributed by atoms with E-state index in [1.165, 1.54) is 11.1 Å². The molecule has 1 aliphatic rings. The lowest BCUT2D eigenvalue weighted by atomic mass is 9.97. The minimum Gasteiger partial charge on any atom is -0.497 e. The number of carbonyl (C=O) groups is 1. The van der Waals surface area contributed by atoms with Gasteiger partial charge in [-0.1, -0.05) is 6.07 Å². The van der Waals surface area contributed by atoms with Crippen molar-refractivity contribution in [3.8, 4) is 11.5 Å². The monoisotopic (exact) mass is 383 g/mol. The van der Waals surface area contributed by atoms with Crippen LogP contribution in [0.15, 0.2) is 36.4 Å². The average molecular weight is 383 g/mol. The molecule has 0 N–H and O–H groups in total. The molecule has 2 aromatic rings. The minimum atomic E-state index is -0.357. The Bertz CT molecular complexity index is 854. The maximum atomic E-state index is 13.5. The molecule has 0 bridgehead atoms. The number of ether oxygens (including phenoxy) is 3. The van der Waals surface area contributed by atoms with E-state index in [2.05, 4.69) is 0 Å². The molecule has 0 aliphatic carbocycles. The first kappa shape index (κ1) is 20.2. The molecule has 0 radical (unpaired) electrons. The van der Waals surface area contributed by atoms with E-state index in [9.17, 15) is 4.79 Å². The molecule has 1 amide bonds. The van der Waals surface area contributed by atoms with Gasteiger partial charge in [0.2, 0.25) is 0 Å². The Morgan fingerprint density at radius 1 is 1.07 bits per heavy atom. The Kier molecular flexibility index (Phi) is 5.94. The number of amides is 1. The van der Waals surface area contributed by atoms with Crippen LogP contribution in [0, 0.1) is 0 Å². The predicted molar refractivity (Wildman–Crippen MR) is 109 cm³/mol. The smallest absolute Gasteiger partial charge is 0.254 e. The number of benzene rings is 2. The lowest BCUT2D eigenvalue weighted by molar-refractivity contribution is 0.0556. The third kappa shape index (κ3) is 4.30. The van der Waals surface area contributed by atoms with Crippen molar-refractivity contribution in [1.82, 2.24) is 4.90 Å². The number of carbonyl (C=O) groups excluding carboxylic acids is 1. The first-order valence-electron chi connectivity index (χ1n) is 9.56. The Labute approximate surface area is 167 Å². The van der Waals surface area contributed by atoms with E-state index in [4.69, 9.17) is 14.2 Å². The van der Waals surface area contributed by atoms with E-state index in [1.807, 2.05) is 62.1 Å². The summed E-state index contributed by atoms with van der Waals surface area (Å²) in [5, 5.41) is 0. The summed E-state index contributed by atoms with van der Waals surface area (Å²) < 4.78 is 16.4. The van der Waals surface area contributed by atoms with Gasteiger partial charge in [-0.2, -0.15) is 0 Å². The molecule has 150 valence electrons. The lowest BCUT2D eigenvalue weighted by Crippen LogP contribution is -2.45. The zero-order valence-electron chi connectivity index (χ0n) is 17.4. The Balaban J connectivity index is 1.94. The molecule has 0 saturated carbocycles. The van der Waals surface area contributed by atoms with Crippen molar-refractivity contribution in [2.24, 2.45) is 0 Å². The second-order valence-corrected chi connectivity index (χ2v) is 8.03. The van der Waals surface area contributed by atoms with Crippen LogP contribution in [0.2, 0.25) is 0 Å². The standard InChI is InChI=1S/C23H29NO4/c1-23(2,3)24(14-19-13-20(26-4)8-9-21(19)27-5)22(25)17-6-7-18-15-28-11-10-16(18)12-17/h6-9,12-13H,10-11,14-15H2,1-5H3. The van der Waals surface area contributed by atoms with E-state index < -0.39 is 0 Å². The molecular weight excluding hydrogens is 354 g/mol. The quantitative estimate of drug-likeness (QED) is 0.776. The summed E-state index contributed by atoms with van der Waals surface area (Å²) in [6, 6.07) is 11.6. The van der Waals surface area contributed by atoms with Crippen molar-refractivity contribution in [1.29, 1.82) is 0 Å². The summed E-state index contributed by atoms with van der Waals surface area (Å²) in [6.07, 6.45) is 0.843. The number of methoxy groups -OCH3 is 2. The van der Waals surface area contributed by atoms with Gasteiger partial charge in [0.15, 0.2) is 0 Å². The largest absolute Gasteiger partial charge is 0.497 e. The van der Waals surface area contributed by atoms with Crippen LogP contribution in [0.4, 0.5) is 0 Å². The highest BCUT2D eigenvalue weighted by molar-refractivity contribution is 5.95. The summed E-state index contributed by atoms with van der Waals surface area (Å²) >= 11 is 0. The van der Waals surface area contributed by atoms with Crippen LogP contribution < -0.4 is 9.47 Å². The lowest BCUT2D eigenvalue weighted by Gasteiger charge is -2.36. The second kappa shape index (κ2) is 8.23. The number of rotatable bonds is 5. The molecule has 2 aromatic carbocycles. The third-order valence-electron chi connectivity index (χ3n) is 5.10. The molecule has 5 nitrogen and oxygen atoms in total. The van der Waals surface area contributed by atoms with Gasteiger partial charge in [-0.3, -0.25) is 4.79 Å². The fraction of sp³-hybridized carbons (Fsp3) is 0.435. The van der Waals surface area contributed by atoms with Crippen LogP contribution in [0.3, 0.4) is 0 Å². The van der Waals surface area contributed by atoms with Gasteiger partial charge >= 0.3 is 0 Å². The number of hydrogen-bond donors (Lipinski definition) is 0. The van der Waals surface area contributed by atoms with Gasteiger partial charge in [0.05, 0.1) is 34.0 Å². The van der Waals surface area contributed by atoms with E-state index in [0.717, 1.165) is 23.5 Å². The zero-order valence-corrected chi connectivity index (χ0v) is 17.4. The van der Waals surface area contributed by atoms with E-state index in [1.54, 1.807) is 14.2 Å². The molecule has 28 heavy (non-hydrogen) atoms. The topological polar surface area (TPSA) is 48.0 Å². The number of fused-ring (bicyclic) bond motifs is 1. The highest BCUT2D eigenvalue weighted by atomic mass is 16.5. The van der Waals surface area contributed by atoms with Crippen molar-refractivity contribution in [2.75, 3.05) is 20.8 Å². The molecule has 0 spiro atoms. The molecule has 0 atom stereocenters. The van der Waals surface area contributed by atoms with Crippen LogP contribution in [0.25, 0.3) is 0 Å². The third-order valence-corrected chi connectivity index (χ3v) is 5.10. The molecule has 0 fully saturated rings. The SMILES string of the molecule is COc1ccc(OC)c(CN(C(=O)c2ccc3c(c2)CCOC3)C(C)(C)C)c1. The van der Waals surface area contributed by atoms with Crippen LogP contribution >= 0.6 is 0 Å². The molecule has 1 aliphatic heterocycles. The van der Waals surface area contributed by atoms with E-state index in [0.29, 0.717) is 25.3 Å². The fourth-order valence-electron chi connectivity index (χ4n) is 3.44. The molecular formula is C23H29NO4. The predicted octanol–water partition coefficient (Wildman–Crippen LogP) is 4.22. The molecule has 3 rings (SSSR count). The summed E-state index contributed by atoms with van der Waals surface area (Å²) in [4.78, 5) is 15.3. The summed E-state index contributed by atoms with van der Waals surface area (Å²) in [6.45, 7) is 7.89. The Morgan fingerprint density at radius 2 is 1.86 bits per heavy atom. The van der Waals surface area contributed by atoms with Crippen LogP contribution in [-0.2, 0) is 24.3 Å². The van der Waals surface area contributed by atoms with Crippen LogP contribution in [-0.4, -0.2) is 37.2 Å². The van der Waals surface area contributed by atoms with Gasteiger partial charge in [0.1, 0.15) is 11.5 Å². The zero-order chi connectivity index (χ0) is 20.3. The van der Waals surface area contributed by atoms with Gasteiger partial charge in [-0.25, -0.2) is 0 Å². The first-order valence-corrected chi connectivity index (χ1v) is 9.56. The summed E-state index contributed by atoms with van der Waals surface area (Å²) in [5.74, 6) is 1.49. The van der Waals surface area contributed by atoms with E-state index >= 15 is 0 Å². The highest BCUT2D eigenvalue weighted by Crippen LogP contribution is 2.29. The van der Waals surface area contributed by atoms with Gasteiger partial charge in [0.25, 0.3) is 5.91 Å². The van der Waals surface area contributed by atoms with E-state index in [-0.39, 0.29) is 11.4 Å². The number of nitrogens with zero attached hydrogens (tertiary/aromatic N) is 1. The van der Waals surface area contributed by atoms with Crippen molar-refractivity contribution < 1.29 is 19.0 Å². The molecule has 0 unspecified atom stereocenters. The van der Waals surface area contributed by atoms with Gasteiger partial charge in [0, 0.05) is 16.7 Å². The molecule has 0 saturated heterocycles. The highest BCUT2D eigenvalue weighted by Gasteiger charge is 2.29. The summed E-state index contributed by atoms with van der Waals surface area (Å²) in [5.41, 5.74) is 3.63.